The molecule has 2 aromatic rings. The van der Waals surface area contributed by atoms with E-state index < -0.39 is 20.0 Å². The van der Waals surface area contributed by atoms with Crippen molar-refractivity contribution in [3.05, 3.63) is 53.6 Å². The third-order valence-electron chi connectivity index (χ3n) is 4.97. The molecule has 6 nitrogen and oxygen atoms in total. The molecule has 1 aliphatic rings. The van der Waals surface area contributed by atoms with Crippen LogP contribution in [-0.2, 0) is 26.5 Å². The van der Waals surface area contributed by atoms with Gasteiger partial charge in [0, 0.05) is 12.2 Å². The largest absolute Gasteiger partial charge is 0.280 e. The predicted molar refractivity (Wildman–Crippen MR) is 113 cm³/mol. The molecule has 0 spiro atoms. The fourth-order valence-corrected chi connectivity index (χ4v) is 5.56. The van der Waals surface area contributed by atoms with Crippen molar-refractivity contribution in [3.63, 3.8) is 0 Å². The highest BCUT2D eigenvalue weighted by Crippen LogP contribution is 2.32. The molecule has 28 heavy (non-hydrogen) atoms. The number of benzene rings is 2. The fourth-order valence-electron chi connectivity index (χ4n) is 3.32. The lowest BCUT2D eigenvalue weighted by Gasteiger charge is -2.30. The van der Waals surface area contributed by atoms with Crippen LogP contribution >= 0.6 is 0 Å². The van der Waals surface area contributed by atoms with Crippen molar-refractivity contribution >= 4 is 31.4 Å². The number of nitrogens with one attached hydrogen (secondary N) is 1. The van der Waals surface area contributed by atoms with Gasteiger partial charge in [0.25, 0.3) is 10.0 Å². The van der Waals surface area contributed by atoms with E-state index in [0.717, 1.165) is 11.1 Å². The van der Waals surface area contributed by atoms with Crippen LogP contribution in [0.4, 0.5) is 11.4 Å². The van der Waals surface area contributed by atoms with E-state index in [4.69, 9.17) is 0 Å². The Morgan fingerprint density at radius 1 is 1.04 bits per heavy atom. The van der Waals surface area contributed by atoms with E-state index in [-0.39, 0.29) is 10.6 Å². The van der Waals surface area contributed by atoms with Gasteiger partial charge in [0.1, 0.15) is 0 Å². The van der Waals surface area contributed by atoms with Gasteiger partial charge in [0.05, 0.1) is 16.3 Å². The molecule has 0 bridgehead atoms. The van der Waals surface area contributed by atoms with Gasteiger partial charge in [0.2, 0.25) is 10.0 Å². The first-order chi connectivity index (χ1) is 13.1. The zero-order chi connectivity index (χ0) is 20.5. The minimum Gasteiger partial charge on any atom is -0.280 e. The average molecular weight is 423 g/mol. The van der Waals surface area contributed by atoms with Gasteiger partial charge < -0.3 is 0 Å². The molecule has 0 aromatic heterocycles. The van der Waals surface area contributed by atoms with Gasteiger partial charge in [0.15, 0.2) is 0 Å². The lowest BCUT2D eigenvalue weighted by molar-refractivity contribution is 0.587. The first-order valence-electron chi connectivity index (χ1n) is 9.40. The predicted octanol–water partition coefficient (Wildman–Crippen LogP) is 3.71. The molecule has 8 heteroatoms. The van der Waals surface area contributed by atoms with E-state index in [1.54, 1.807) is 37.3 Å². The summed E-state index contributed by atoms with van der Waals surface area (Å²) >= 11 is 0. The van der Waals surface area contributed by atoms with Crippen LogP contribution in [0.2, 0.25) is 0 Å². The van der Waals surface area contributed by atoms with Crippen molar-refractivity contribution in [1.82, 2.24) is 0 Å². The monoisotopic (exact) mass is 422 g/mol. The Kier molecular flexibility index (Phi) is 5.72. The molecule has 2 aromatic carbocycles. The molecular formula is C20H26N2O4S2. The van der Waals surface area contributed by atoms with Crippen LogP contribution in [0.3, 0.4) is 0 Å². The summed E-state index contributed by atoms with van der Waals surface area (Å²) in [6.45, 7) is 6.18. The Labute approximate surface area is 167 Å². The van der Waals surface area contributed by atoms with Crippen molar-refractivity contribution in [3.8, 4) is 0 Å². The topological polar surface area (TPSA) is 83.6 Å². The number of nitrogens with zero attached hydrogens (tertiary/aromatic N) is 1. The highest BCUT2D eigenvalue weighted by Gasteiger charge is 2.26. The molecule has 1 N–H and O–H groups in total. The summed E-state index contributed by atoms with van der Waals surface area (Å²) in [5, 5.41) is 0. The summed E-state index contributed by atoms with van der Waals surface area (Å²) in [4.78, 5) is 0.199. The molecule has 152 valence electrons. The number of hydrogen-bond acceptors (Lipinski definition) is 4. The summed E-state index contributed by atoms with van der Waals surface area (Å²) < 4.78 is 54.0. The van der Waals surface area contributed by atoms with Crippen LogP contribution in [-0.4, -0.2) is 29.1 Å². The number of anilines is 2. The molecule has 3 rings (SSSR count). The van der Waals surface area contributed by atoms with E-state index in [0.29, 0.717) is 36.7 Å². The van der Waals surface area contributed by atoms with E-state index in [1.807, 2.05) is 12.1 Å². The Balaban J connectivity index is 1.87. The normalized spacial score (nSPS) is 14.8. The van der Waals surface area contributed by atoms with Crippen molar-refractivity contribution in [2.24, 2.45) is 0 Å². The zero-order valence-corrected chi connectivity index (χ0v) is 18.0. The van der Waals surface area contributed by atoms with Gasteiger partial charge >= 0.3 is 0 Å². The van der Waals surface area contributed by atoms with Gasteiger partial charge in [-0.3, -0.25) is 9.03 Å². The maximum atomic E-state index is 12.7. The molecule has 0 aliphatic carbocycles. The first-order valence-corrected chi connectivity index (χ1v) is 12.5. The third-order valence-corrected chi connectivity index (χ3v) is 8.14. The second-order valence-electron chi connectivity index (χ2n) is 7.25. The van der Waals surface area contributed by atoms with E-state index in [9.17, 15) is 16.8 Å². The fraction of sp³-hybridized carbons (Fsp3) is 0.400. The molecule has 0 atom stereocenters. The van der Waals surface area contributed by atoms with Gasteiger partial charge in [-0.1, -0.05) is 26.0 Å². The van der Waals surface area contributed by atoms with Gasteiger partial charge in [-0.05, 0) is 67.1 Å². The summed E-state index contributed by atoms with van der Waals surface area (Å²) in [5.41, 5.74) is 2.98. The second kappa shape index (κ2) is 7.75. The van der Waals surface area contributed by atoms with Crippen LogP contribution in [0.5, 0.6) is 0 Å². The zero-order valence-electron chi connectivity index (χ0n) is 16.3. The Morgan fingerprint density at radius 3 is 2.32 bits per heavy atom. The van der Waals surface area contributed by atoms with E-state index in [2.05, 4.69) is 18.6 Å². The highest BCUT2D eigenvalue weighted by molar-refractivity contribution is 7.93. The molecule has 0 unspecified atom stereocenters. The van der Waals surface area contributed by atoms with Crippen molar-refractivity contribution < 1.29 is 16.8 Å². The average Bonchev–Trinajstić information content (AvgIpc) is 2.67. The Bertz CT molecular complexity index is 1060. The third kappa shape index (κ3) is 4.17. The molecule has 0 fully saturated rings. The van der Waals surface area contributed by atoms with Crippen molar-refractivity contribution in [1.29, 1.82) is 0 Å². The molecule has 0 amide bonds. The Morgan fingerprint density at radius 2 is 1.71 bits per heavy atom. The molecule has 1 heterocycles. The SMILES string of the molecule is CCS(=O)(=O)N1CCCc2cc(NS(=O)(=O)c3ccc(C(C)C)cc3)ccc21. The van der Waals surface area contributed by atoms with Gasteiger partial charge in [-0.2, -0.15) is 0 Å². The van der Waals surface area contributed by atoms with Crippen molar-refractivity contribution in [2.75, 3.05) is 21.3 Å². The lowest BCUT2D eigenvalue weighted by atomic mass is 10.0. The summed E-state index contributed by atoms with van der Waals surface area (Å²) in [6.07, 6.45) is 1.42. The maximum absolute atomic E-state index is 12.7. The number of fused-ring (bicyclic) bond motifs is 1. The quantitative estimate of drug-likeness (QED) is 0.769. The van der Waals surface area contributed by atoms with Crippen LogP contribution in [0.1, 0.15) is 44.2 Å². The number of sulfonamides is 2. The number of aryl methyl sites for hydroxylation is 1. The van der Waals surface area contributed by atoms with Crippen LogP contribution in [0, 0.1) is 0 Å². The molecule has 1 aliphatic heterocycles. The smallest absolute Gasteiger partial charge is 0.261 e. The summed E-state index contributed by atoms with van der Waals surface area (Å²) in [5.74, 6) is 0.361. The molecule has 0 saturated heterocycles. The van der Waals surface area contributed by atoms with Crippen LogP contribution in [0.25, 0.3) is 0 Å². The minimum absolute atomic E-state index is 0.0349. The molecular weight excluding hydrogens is 396 g/mol. The molecule has 0 saturated carbocycles. The minimum atomic E-state index is -3.71. The summed E-state index contributed by atoms with van der Waals surface area (Å²) in [6, 6.07) is 11.9. The first kappa shape index (κ1) is 20.7. The maximum Gasteiger partial charge on any atom is 0.261 e. The van der Waals surface area contributed by atoms with E-state index >= 15 is 0 Å². The number of hydrogen-bond donors (Lipinski definition) is 1. The second-order valence-corrected chi connectivity index (χ2v) is 11.1. The summed E-state index contributed by atoms with van der Waals surface area (Å²) in [7, 11) is -7.05. The Hall–Kier alpha value is -2.06. The lowest BCUT2D eigenvalue weighted by Crippen LogP contribution is -2.36. The number of rotatable bonds is 6. The van der Waals surface area contributed by atoms with Gasteiger partial charge in [-0.15, -0.1) is 0 Å². The molecule has 0 radical (unpaired) electrons. The van der Waals surface area contributed by atoms with Crippen LogP contribution < -0.4 is 9.03 Å². The van der Waals surface area contributed by atoms with Gasteiger partial charge in [-0.25, -0.2) is 16.8 Å². The van der Waals surface area contributed by atoms with Crippen LogP contribution in [0.15, 0.2) is 47.4 Å². The van der Waals surface area contributed by atoms with E-state index in [1.165, 1.54) is 4.31 Å². The van der Waals surface area contributed by atoms with Crippen molar-refractivity contribution in [2.45, 2.75) is 44.4 Å². The standard InChI is InChI=1S/C20H26N2O4S2/c1-4-27(23,24)22-13-5-6-17-14-18(9-12-20(17)22)21-28(25,26)19-10-7-16(8-11-19)15(2)3/h7-12,14-15,21H,4-6,13H2,1-3H3. The highest BCUT2D eigenvalue weighted by atomic mass is 32.2.